The number of rotatable bonds is 7. The molecule has 0 unspecified atom stereocenters. The van der Waals surface area contributed by atoms with Crippen LogP contribution in [0, 0.1) is 5.82 Å². The van der Waals surface area contributed by atoms with Gasteiger partial charge in [-0.1, -0.05) is 60.7 Å². The molecule has 5 nitrogen and oxygen atoms in total. The lowest BCUT2D eigenvalue weighted by Gasteiger charge is -2.12. The number of hydrogen-bond acceptors (Lipinski definition) is 3. The summed E-state index contributed by atoms with van der Waals surface area (Å²) in [6.45, 7) is -0.234. The van der Waals surface area contributed by atoms with Crippen molar-refractivity contribution in [3.8, 4) is 5.75 Å². The third kappa shape index (κ3) is 6.46. The van der Waals surface area contributed by atoms with Gasteiger partial charge in [-0.2, -0.15) is 0 Å². The van der Waals surface area contributed by atoms with Gasteiger partial charge in [0.25, 0.3) is 5.91 Å². The molecule has 0 aromatic heterocycles. The van der Waals surface area contributed by atoms with Crippen LogP contribution < -0.4 is 15.6 Å². The number of carbonyl (C=O) groups is 2. The highest BCUT2D eigenvalue weighted by molar-refractivity contribution is 5.83. The van der Waals surface area contributed by atoms with E-state index in [0.29, 0.717) is 17.7 Å². The molecule has 3 rings (SSSR count). The summed E-state index contributed by atoms with van der Waals surface area (Å²) >= 11 is 0. The number of halogens is 1. The van der Waals surface area contributed by atoms with Crippen LogP contribution in [-0.4, -0.2) is 18.4 Å². The topological polar surface area (TPSA) is 67.4 Å². The van der Waals surface area contributed by atoms with Crippen LogP contribution in [0.3, 0.4) is 0 Å². The first-order valence-corrected chi connectivity index (χ1v) is 9.17. The van der Waals surface area contributed by atoms with Crippen LogP contribution in [-0.2, 0) is 22.4 Å². The summed E-state index contributed by atoms with van der Waals surface area (Å²) in [5.41, 5.74) is 7.39. The minimum atomic E-state index is -0.480. The zero-order valence-electron chi connectivity index (χ0n) is 15.7. The maximum absolute atomic E-state index is 12.9. The molecular weight excluding hydrogens is 371 g/mol. The van der Waals surface area contributed by atoms with Crippen molar-refractivity contribution in [2.45, 2.75) is 12.8 Å². The van der Waals surface area contributed by atoms with Crippen LogP contribution in [0.5, 0.6) is 5.75 Å². The first-order valence-electron chi connectivity index (χ1n) is 9.17. The highest BCUT2D eigenvalue weighted by Crippen LogP contribution is 2.21. The molecule has 29 heavy (non-hydrogen) atoms. The largest absolute Gasteiger partial charge is 0.483 e. The minimum absolute atomic E-state index is 0.0291. The van der Waals surface area contributed by atoms with E-state index < -0.39 is 11.8 Å². The SMILES string of the molecule is O=C(COc1ccccc1Cc1ccccc1)NNC(=O)Cc1ccc(F)cc1. The molecule has 3 aromatic carbocycles. The number of ether oxygens (including phenoxy) is 1. The summed E-state index contributed by atoms with van der Waals surface area (Å²) < 4.78 is 18.5. The lowest BCUT2D eigenvalue weighted by atomic mass is 10.0. The van der Waals surface area contributed by atoms with Gasteiger partial charge in [-0.05, 0) is 34.9 Å². The molecule has 0 atom stereocenters. The van der Waals surface area contributed by atoms with E-state index in [0.717, 1.165) is 11.1 Å². The quantitative estimate of drug-likeness (QED) is 0.607. The number of nitrogens with one attached hydrogen (secondary N) is 2. The van der Waals surface area contributed by atoms with E-state index in [4.69, 9.17) is 4.74 Å². The minimum Gasteiger partial charge on any atom is -0.483 e. The predicted molar refractivity (Wildman–Crippen MR) is 108 cm³/mol. The van der Waals surface area contributed by atoms with E-state index >= 15 is 0 Å². The van der Waals surface area contributed by atoms with Gasteiger partial charge in [-0.15, -0.1) is 0 Å². The van der Waals surface area contributed by atoms with Gasteiger partial charge in [0.1, 0.15) is 11.6 Å². The summed E-state index contributed by atoms with van der Waals surface area (Å²) in [5, 5.41) is 0. The van der Waals surface area contributed by atoms with Crippen molar-refractivity contribution in [3.05, 3.63) is 101 Å². The lowest BCUT2D eigenvalue weighted by molar-refractivity contribution is -0.129. The molecule has 3 aromatic rings. The molecule has 148 valence electrons. The zero-order chi connectivity index (χ0) is 20.5. The monoisotopic (exact) mass is 392 g/mol. The van der Waals surface area contributed by atoms with Crippen LogP contribution >= 0.6 is 0 Å². The van der Waals surface area contributed by atoms with Crippen LogP contribution in [0.1, 0.15) is 16.7 Å². The van der Waals surface area contributed by atoms with Crippen LogP contribution in [0.25, 0.3) is 0 Å². The standard InChI is InChI=1S/C23H21FN2O3/c24-20-12-10-18(11-13-20)15-22(27)25-26-23(28)16-29-21-9-5-4-8-19(21)14-17-6-2-1-3-7-17/h1-13H,14-16H2,(H,25,27)(H,26,28). The molecular formula is C23H21FN2O3. The Balaban J connectivity index is 1.47. The van der Waals surface area contributed by atoms with Gasteiger partial charge in [-0.3, -0.25) is 20.4 Å². The van der Waals surface area contributed by atoms with Gasteiger partial charge in [0, 0.05) is 6.42 Å². The number of para-hydroxylation sites is 1. The van der Waals surface area contributed by atoms with Gasteiger partial charge < -0.3 is 4.74 Å². The normalized spacial score (nSPS) is 10.2. The Kier molecular flexibility index (Phi) is 6.95. The van der Waals surface area contributed by atoms with Crippen LogP contribution in [0.15, 0.2) is 78.9 Å². The fourth-order valence-corrected chi connectivity index (χ4v) is 2.76. The molecule has 0 aliphatic carbocycles. The number of amides is 2. The number of hydrogen-bond donors (Lipinski definition) is 2. The summed E-state index contributed by atoms with van der Waals surface area (Å²) in [6, 6.07) is 23.1. The van der Waals surface area contributed by atoms with Gasteiger partial charge >= 0.3 is 0 Å². The van der Waals surface area contributed by atoms with E-state index in [2.05, 4.69) is 10.9 Å². The molecule has 2 amide bonds. The van der Waals surface area contributed by atoms with Gasteiger partial charge in [0.05, 0.1) is 6.42 Å². The molecule has 0 aliphatic heterocycles. The highest BCUT2D eigenvalue weighted by atomic mass is 19.1. The molecule has 0 saturated heterocycles. The molecule has 0 fully saturated rings. The zero-order valence-corrected chi connectivity index (χ0v) is 15.7. The van der Waals surface area contributed by atoms with E-state index in [1.165, 1.54) is 24.3 Å². The van der Waals surface area contributed by atoms with Crippen LogP contribution in [0.2, 0.25) is 0 Å². The average Bonchev–Trinajstić information content (AvgIpc) is 2.74. The van der Waals surface area contributed by atoms with Crippen molar-refractivity contribution >= 4 is 11.8 Å². The van der Waals surface area contributed by atoms with Crippen molar-refractivity contribution in [1.29, 1.82) is 0 Å². The second kappa shape index (κ2) is 10.0. The number of carbonyl (C=O) groups excluding carboxylic acids is 2. The van der Waals surface area contributed by atoms with E-state index in [1.807, 2.05) is 48.5 Å². The average molecular weight is 392 g/mol. The first-order chi connectivity index (χ1) is 14.1. The maximum Gasteiger partial charge on any atom is 0.276 e. The van der Waals surface area contributed by atoms with E-state index in [1.54, 1.807) is 6.07 Å². The van der Waals surface area contributed by atoms with Gasteiger partial charge in [-0.25, -0.2) is 4.39 Å². The summed E-state index contributed by atoms with van der Waals surface area (Å²) in [4.78, 5) is 23.9. The Bertz CT molecular complexity index is 959. The van der Waals surface area contributed by atoms with Crippen molar-refractivity contribution in [2.24, 2.45) is 0 Å². The van der Waals surface area contributed by atoms with Crippen molar-refractivity contribution in [2.75, 3.05) is 6.61 Å². The second-order valence-corrected chi connectivity index (χ2v) is 6.46. The fourth-order valence-electron chi connectivity index (χ4n) is 2.76. The van der Waals surface area contributed by atoms with Gasteiger partial charge in [0.2, 0.25) is 5.91 Å². The second-order valence-electron chi connectivity index (χ2n) is 6.46. The summed E-state index contributed by atoms with van der Waals surface area (Å²) in [6.07, 6.45) is 0.717. The Hall–Kier alpha value is -3.67. The van der Waals surface area contributed by atoms with Crippen molar-refractivity contribution in [3.63, 3.8) is 0 Å². The molecule has 0 saturated carbocycles. The maximum atomic E-state index is 12.9. The number of benzene rings is 3. The molecule has 0 heterocycles. The highest BCUT2D eigenvalue weighted by Gasteiger charge is 2.09. The molecule has 0 radical (unpaired) electrons. The molecule has 0 aliphatic rings. The molecule has 0 bridgehead atoms. The Morgan fingerprint density at radius 3 is 2.17 bits per heavy atom. The third-order valence-corrected chi connectivity index (χ3v) is 4.19. The van der Waals surface area contributed by atoms with E-state index in [9.17, 15) is 14.0 Å². The fraction of sp³-hybridized carbons (Fsp3) is 0.130. The van der Waals surface area contributed by atoms with Crippen molar-refractivity contribution < 1.29 is 18.7 Å². The first kappa shape index (κ1) is 20.1. The lowest BCUT2D eigenvalue weighted by Crippen LogP contribution is -2.44. The summed E-state index contributed by atoms with van der Waals surface area (Å²) in [7, 11) is 0. The molecule has 6 heteroatoms. The predicted octanol–water partition coefficient (Wildman–Crippen LogP) is 3.19. The Morgan fingerprint density at radius 1 is 0.759 bits per heavy atom. The summed E-state index contributed by atoms with van der Waals surface area (Å²) in [5.74, 6) is -0.641. The third-order valence-electron chi connectivity index (χ3n) is 4.19. The van der Waals surface area contributed by atoms with E-state index in [-0.39, 0.29) is 18.8 Å². The Labute approximate surface area is 168 Å². The van der Waals surface area contributed by atoms with Crippen molar-refractivity contribution in [1.82, 2.24) is 10.9 Å². The molecule has 2 N–H and O–H groups in total. The smallest absolute Gasteiger partial charge is 0.276 e. The van der Waals surface area contributed by atoms with Gasteiger partial charge in [0.15, 0.2) is 6.61 Å². The Morgan fingerprint density at radius 2 is 1.41 bits per heavy atom. The van der Waals surface area contributed by atoms with Crippen LogP contribution in [0.4, 0.5) is 4.39 Å². The molecule has 0 spiro atoms. The number of hydrazine groups is 1.